The lowest BCUT2D eigenvalue weighted by Gasteiger charge is -2.16. The van der Waals surface area contributed by atoms with Gasteiger partial charge in [0.15, 0.2) is 0 Å². The fourth-order valence-electron chi connectivity index (χ4n) is 1.64. The molecular formula is C12H20ClN3O. The first-order valence-corrected chi connectivity index (χ1v) is 6.17. The quantitative estimate of drug-likeness (QED) is 0.796. The van der Waals surface area contributed by atoms with E-state index >= 15 is 0 Å². The highest BCUT2D eigenvalue weighted by Gasteiger charge is 2.13. The maximum atomic E-state index is 6.09. The van der Waals surface area contributed by atoms with Crippen LogP contribution in [0.5, 0.6) is 0 Å². The fraction of sp³-hybridized carbons (Fsp3) is 0.667. The van der Waals surface area contributed by atoms with Crippen LogP contribution in [0.1, 0.15) is 32.3 Å². The molecule has 0 spiro atoms. The third-order valence-corrected chi connectivity index (χ3v) is 2.78. The molecule has 1 rings (SSSR count). The Labute approximate surface area is 108 Å². The second kappa shape index (κ2) is 6.77. The second-order valence-electron chi connectivity index (χ2n) is 4.52. The summed E-state index contributed by atoms with van der Waals surface area (Å²) in [7, 11) is 1.71. The van der Waals surface area contributed by atoms with Crippen LogP contribution in [-0.2, 0) is 4.74 Å². The van der Waals surface area contributed by atoms with Gasteiger partial charge in [-0.2, -0.15) is 0 Å². The third-order valence-electron chi connectivity index (χ3n) is 2.48. The first kappa shape index (κ1) is 14.2. The summed E-state index contributed by atoms with van der Waals surface area (Å²) in [4.78, 5) is 8.26. The fourth-order valence-corrected chi connectivity index (χ4v) is 1.99. The number of halogens is 1. The highest BCUT2D eigenvalue weighted by Crippen LogP contribution is 2.27. The van der Waals surface area contributed by atoms with Gasteiger partial charge in [0.1, 0.15) is 17.3 Å². The van der Waals surface area contributed by atoms with E-state index in [9.17, 15) is 0 Å². The van der Waals surface area contributed by atoms with Crippen LogP contribution >= 0.6 is 11.6 Å². The number of methoxy groups -OCH3 is 1. The number of rotatable bonds is 6. The molecule has 0 saturated heterocycles. The summed E-state index contributed by atoms with van der Waals surface area (Å²) in [5.74, 6) is 1.54. The lowest BCUT2D eigenvalue weighted by Crippen LogP contribution is -2.17. The average molecular weight is 258 g/mol. The Morgan fingerprint density at radius 3 is 2.65 bits per heavy atom. The predicted molar refractivity (Wildman–Crippen MR) is 70.7 cm³/mol. The van der Waals surface area contributed by atoms with Crippen molar-refractivity contribution in [2.45, 2.75) is 26.7 Å². The molecule has 1 aromatic heterocycles. The molecule has 0 aliphatic heterocycles. The van der Waals surface area contributed by atoms with Gasteiger partial charge in [0.05, 0.1) is 6.61 Å². The maximum Gasteiger partial charge on any atom is 0.138 e. The van der Waals surface area contributed by atoms with Crippen molar-refractivity contribution in [3.05, 3.63) is 17.0 Å². The number of hydrogen-bond acceptors (Lipinski definition) is 4. The second-order valence-corrected chi connectivity index (χ2v) is 4.88. The maximum absolute atomic E-state index is 6.09. The molecule has 0 fully saturated rings. The molecule has 1 aromatic rings. The summed E-state index contributed by atoms with van der Waals surface area (Å²) in [5, 5.41) is 3.83. The van der Waals surface area contributed by atoms with Gasteiger partial charge in [-0.05, 0) is 11.8 Å². The Hall–Kier alpha value is -0.870. The molecule has 0 aliphatic carbocycles. The largest absolute Gasteiger partial charge is 0.384 e. The van der Waals surface area contributed by atoms with Crippen molar-refractivity contribution in [2.75, 3.05) is 25.6 Å². The molecule has 1 atom stereocenters. The van der Waals surface area contributed by atoms with Crippen LogP contribution < -0.4 is 5.32 Å². The van der Waals surface area contributed by atoms with Crippen molar-refractivity contribution < 1.29 is 4.74 Å². The van der Waals surface area contributed by atoms with E-state index in [1.54, 1.807) is 7.11 Å². The zero-order chi connectivity index (χ0) is 12.8. The summed E-state index contributed by atoms with van der Waals surface area (Å²) in [6.07, 6.45) is 1.48. The number of hydrogen-bond donors (Lipinski definition) is 1. The minimum absolute atomic E-state index is 0.295. The topological polar surface area (TPSA) is 47.0 Å². The summed E-state index contributed by atoms with van der Waals surface area (Å²) in [6, 6.07) is 0. The first-order valence-electron chi connectivity index (χ1n) is 5.79. The third kappa shape index (κ3) is 4.13. The molecule has 0 amide bonds. The van der Waals surface area contributed by atoms with Crippen LogP contribution in [0.15, 0.2) is 6.33 Å². The number of ether oxygens (including phenoxy) is 1. The number of nitrogens with one attached hydrogen (secondary N) is 1. The molecule has 0 aliphatic rings. The number of nitrogens with zero attached hydrogens (tertiary/aromatic N) is 2. The standard InChI is InChI=1S/C12H20ClN3O/c1-8(2)10-11(13)15-7-16-12(10)14-5-9(3)6-17-4/h7-9H,5-6H2,1-4H3,(H,14,15,16). The van der Waals surface area contributed by atoms with Gasteiger partial charge in [-0.3, -0.25) is 0 Å². The van der Waals surface area contributed by atoms with Crippen molar-refractivity contribution >= 4 is 17.4 Å². The van der Waals surface area contributed by atoms with Gasteiger partial charge in [0.2, 0.25) is 0 Å². The molecule has 0 bridgehead atoms. The highest BCUT2D eigenvalue weighted by atomic mass is 35.5. The highest BCUT2D eigenvalue weighted by molar-refractivity contribution is 6.30. The van der Waals surface area contributed by atoms with Crippen LogP contribution in [0.25, 0.3) is 0 Å². The van der Waals surface area contributed by atoms with Crippen molar-refractivity contribution in [3.8, 4) is 0 Å². The van der Waals surface area contributed by atoms with Gasteiger partial charge in [-0.1, -0.05) is 32.4 Å². The zero-order valence-electron chi connectivity index (χ0n) is 10.8. The van der Waals surface area contributed by atoms with Crippen molar-refractivity contribution in [3.63, 3.8) is 0 Å². The Kier molecular flexibility index (Phi) is 5.65. The predicted octanol–water partition coefficient (Wildman–Crippen LogP) is 2.95. The van der Waals surface area contributed by atoms with Crippen LogP contribution in [0.4, 0.5) is 5.82 Å². The van der Waals surface area contributed by atoms with Gasteiger partial charge < -0.3 is 10.1 Å². The van der Waals surface area contributed by atoms with Crippen LogP contribution in [0.3, 0.4) is 0 Å². The number of anilines is 1. The Balaban J connectivity index is 2.73. The monoisotopic (exact) mass is 257 g/mol. The van der Waals surface area contributed by atoms with Crippen molar-refractivity contribution in [1.82, 2.24) is 9.97 Å². The minimum Gasteiger partial charge on any atom is -0.384 e. The van der Waals surface area contributed by atoms with Gasteiger partial charge in [-0.15, -0.1) is 0 Å². The van der Waals surface area contributed by atoms with Crippen molar-refractivity contribution in [2.24, 2.45) is 5.92 Å². The molecule has 5 heteroatoms. The minimum atomic E-state index is 0.295. The average Bonchev–Trinajstić information content (AvgIpc) is 2.26. The Bertz CT molecular complexity index is 358. The van der Waals surface area contributed by atoms with Crippen LogP contribution in [0.2, 0.25) is 5.15 Å². The molecule has 96 valence electrons. The van der Waals surface area contributed by atoms with E-state index in [1.165, 1.54) is 6.33 Å². The molecule has 1 N–H and O–H groups in total. The normalized spacial score (nSPS) is 12.8. The molecule has 1 heterocycles. The smallest absolute Gasteiger partial charge is 0.138 e. The Morgan fingerprint density at radius 2 is 2.06 bits per heavy atom. The van der Waals surface area contributed by atoms with E-state index in [-0.39, 0.29) is 0 Å². The Morgan fingerprint density at radius 1 is 1.35 bits per heavy atom. The van der Waals surface area contributed by atoms with E-state index in [0.717, 1.165) is 24.5 Å². The lowest BCUT2D eigenvalue weighted by molar-refractivity contribution is 0.164. The van der Waals surface area contributed by atoms with Crippen LogP contribution in [-0.4, -0.2) is 30.2 Å². The molecule has 0 aromatic carbocycles. The molecule has 17 heavy (non-hydrogen) atoms. The SMILES string of the molecule is COCC(C)CNc1ncnc(Cl)c1C(C)C. The van der Waals surface area contributed by atoms with Crippen LogP contribution in [0, 0.1) is 5.92 Å². The van der Waals surface area contributed by atoms with E-state index in [2.05, 4.69) is 36.1 Å². The molecule has 0 saturated carbocycles. The first-order chi connectivity index (χ1) is 8.06. The van der Waals surface area contributed by atoms with Gasteiger partial charge in [-0.25, -0.2) is 9.97 Å². The molecule has 1 unspecified atom stereocenters. The van der Waals surface area contributed by atoms with E-state index in [4.69, 9.17) is 16.3 Å². The van der Waals surface area contributed by atoms with E-state index in [0.29, 0.717) is 17.0 Å². The van der Waals surface area contributed by atoms with E-state index < -0.39 is 0 Å². The van der Waals surface area contributed by atoms with Gasteiger partial charge >= 0.3 is 0 Å². The summed E-state index contributed by atoms with van der Waals surface area (Å²) >= 11 is 6.09. The molecule has 4 nitrogen and oxygen atoms in total. The van der Waals surface area contributed by atoms with E-state index in [1.807, 2.05) is 0 Å². The molecule has 0 radical (unpaired) electrons. The summed E-state index contributed by atoms with van der Waals surface area (Å²) < 4.78 is 5.09. The lowest BCUT2D eigenvalue weighted by atomic mass is 10.1. The zero-order valence-corrected chi connectivity index (χ0v) is 11.6. The van der Waals surface area contributed by atoms with Crippen molar-refractivity contribution in [1.29, 1.82) is 0 Å². The number of aromatic nitrogens is 2. The molecular weight excluding hydrogens is 238 g/mol. The summed E-state index contributed by atoms with van der Waals surface area (Å²) in [6.45, 7) is 7.81. The van der Waals surface area contributed by atoms with Gasteiger partial charge in [0, 0.05) is 19.2 Å². The summed E-state index contributed by atoms with van der Waals surface area (Å²) in [5.41, 5.74) is 0.971. The van der Waals surface area contributed by atoms with Gasteiger partial charge in [0.25, 0.3) is 0 Å².